The fourth-order valence-electron chi connectivity index (χ4n) is 3.68. The van der Waals surface area contributed by atoms with Crippen LogP contribution in [0.5, 0.6) is 0 Å². The highest BCUT2D eigenvalue weighted by Gasteiger charge is 2.39. The number of carbonyl (C=O) groups is 1. The Bertz CT molecular complexity index is 1030. The van der Waals surface area contributed by atoms with E-state index in [0.717, 1.165) is 5.56 Å². The molecule has 3 aromatic rings. The van der Waals surface area contributed by atoms with Crippen LogP contribution in [0.15, 0.2) is 54.6 Å². The zero-order valence-electron chi connectivity index (χ0n) is 16.2. The Morgan fingerprint density at radius 1 is 0.967 bits per heavy atom. The molecule has 156 valence electrons. The lowest BCUT2D eigenvalue weighted by atomic mass is 9.95. The predicted octanol–water partition coefficient (Wildman–Crippen LogP) is 4.18. The van der Waals surface area contributed by atoms with Gasteiger partial charge in [0.15, 0.2) is 11.5 Å². The van der Waals surface area contributed by atoms with Gasteiger partial charge in [0.05, 0.1) is 11.0 Å². The maximum absolute atomic E-state index is 13.6. The van der Waals surface area contributed by atoms with E-state index in [4.69, 9.17) is 0 Å². The van der Waals surface area contributed by atoms with E-state index < -0.39 is 11.9 Å². The lowest BCUT2D eigenvalue weighted by Gasteiger charge is -2.33. The molecule has 0 saturated carbocycles. The van der Waals surface area contributed by atoms with E-state index in [-0.39, 0.29) is 23.2 Å². The number of nitrogens with zero attached hydrogens (tertiary/aromatic N) is 3. The maximum Gasteiger partial charge on any atom is 0.437 e. The fraction of sp³-hybridized carbons (Fsp3) is 0.318. The molecule has 0 unspecified atom stereocenters. The summed E-state index contributed by atoms with van der Waals surface area (Å²) in [5.74, 6) is -0.462. The van der Waals surface area contributed by atoms with Crippen molar-refractivity contribution in [2.45, 2.75) is 25.6 Å². The minimum Gasteiger partial charge on any atom is -0.355 e. The van der Waals surface area contributed by atoms with Gasteiger partial charge >= 0.3 is 6.18 Å². The summed E-state index contributed by atoms with van der Waals surface area (Å²) < 4.78 is 40.8. The molecule has 0 atom stereocenters. The zero-order valence-corrected chi connectivity index (χ0v) is 16.2. The van der Waals surface area contributed by atoms with E-state index in [9.17, 15) is 18.0 Å². The van der Waals surface area contributed by atoms with E-state index in [0.29, 0.717) is 38.0 Å². The number of hydrogen-bond acceptors (Lipinski definition) is 4. The van der Waals surface area contributed by atoms with Gasteiger partial charge in [-0.1, -0.05) is 42.5 Å². The Morgan fingerprint density at radius 2 is 1.57 bits per heavy atom. The summed E-state index contributed by atoms with van der Waals surface area (Å²) in [7, 11) is 0. The molecule has 0 spiro atoms. The number of hydrogen-bond donors (Lipinski definition) is 1. The maximum atomic E-state index is 13.6. The summed E-state index contributed by atoms with van der Waals surface area (Å²) in [6, 6.07) is 16.1. The predicted molar refractivity (Wildman–Crippen MR) is 108 cm³/mol. The lowest BCUT2D eigenvalue weighted by Crippen LogP contribution is -2.41. The number of nitrogens with one attached hydrogen (secondary N) is 1. The monoisotopic (exact) mass is 414 g/mol. The van der Waals surface area contributed by atoms with Crippen LogP contribution in [0.25, 0.3) is 11.0 Å². The van der Waals surface area contributed by atoms with E-state index >= 15 is 0 Å². The van der Waals surface area contributed by atoms with Crippen molar-refractivity contribution in [3.63, 3.8) is 0 Å². The second kappa shape index (κ2) is 8.30. The van der Waals surface area contributed by atoms with Gasteiger partial charge in [-0.2, -0.15) is 13.2 Å². The summed E-state index contributed by atoms with van der Waals surface area (Å²) in [5, 5.41) is 2.92. The number of anilines is 1. The second-order valence-electron chi connectivity index (χ2n) is 7.35. The van der Waals surface area contributed by atoms with Crippen molar-refractivity contribution in [3.8, 4) is 0 Å². The Kier molecular flexibility index (Phi) is 5.57. The number of aromatic nitrogens is 2. The molecule has 4 rings (SSSR count). The Hall–Kier alpha value is -3.16. The molecule has 2 heterocycles. The molecule has 1 N–H and O–H groups in total. The number of amides is 1. The first-order valence-electron chi connectivity index (χ1n) is 9.82. The summed E-state index contributed by atoms with van der Waals surface area (Å²) in [6.45, 7) is 1.08. The van der Waals surface area contributed by atoms with Crippen molar-refractivity contribution in [3.05, 3.63) is 65.9 Å². The molecule has 1 fully saturated rings. The van der Waals surface area contributed by atoms with Crippen LogP contribution in [0.4, 0.5) is 19.0 Å². The standard InChI is InChI=1S/C22H21F3N4O/c23-22(24,25)19-20(28-18-9-5-4-8-17(18)27-19)29-12-10-16(11-13-29)21(30)26-14-15-6-2-1-3-7-15/h1-9,16H,10-14H2,(H,26,30). The third-order valence-electron chi connectivity index (χ3n) is 5.30. The molecule has 0 radical (unpaired) electrons. The topological polar surface area (TPSA) is 58.1 Å². The molecule has 0 aliphatic carbocycles. The van der Waals surface area contributed by atoms with Crippen LogP contribution in [0, 0.1) is 5.92 Å². The number of para-hydroxylation sites is 2. The van der Waals surface area contributed by atoms with Crippen LogP contribution in [-0.2, 0) is 17.5 Å². The van der Waals surface area contributed by atoms with Gasteiger partial charge in [-0.3, -0.25) is 4.79 Å². The molecule has 1 aliphatic heterocycles. The molecular weight excluding hydrogens is 393 g/mol. The number of carbonyl (C=O) groups excluding carboxylic acids is 1. The molecule has 0 bridgehead atoms. The Morgan fingerprint density at radius 3 is 2.20 bits per heavy atom. The van der Waals surface area contributed by atoms with Crippen LogP contribution < -0.4 is 10.2 Å². The SMILES string of the molecule is O=C(NCc1ccccc1)C1CCN(c2nc3ccccc3nc2C(F)(F)F)CC1. The normalized spacial score (nSPS) is 15.4. The average molecular weight is 414 g/mol. The lowest BCUT2D eigenvalue weighted by molar-refractivity contribution is -0.140. The molecular formula is C22H21F3N4O. The van der Waals surface area contributed by atoms with Gasteiger partial charge in [-0.25, -0.2) is 9.97 Å². The quantitative estimate of drug-likeness (QED) is 0.696. The van der Waals surface area contributed by atoms with Crippen LogP contribution >= 0.6 is 0 Å². The van der Waals surface area contributed by atoms with Crippen molar-refractivity contribution >= 4 is 22.8 Å². The average Bonchev–Trinajstić information content (AvgIpc) is 2.77. The van der Waals surface area contributed by atoms with Crippen molar-refractivity contribution < 1.29 is 18.0 Å². The third kappa shape index (κ3) is 4.37. The van der Waals surface area contributed by atoms with Gasteiger partial charge in [-0.05, 0) is 30.5 Å². The van der Waals surface area contributed by atoms with Gasteiger partial charge in [0.2, 0.25) is 5.91 Å². The van der Waals surface area contributed by atoms with Crippen molar-refractivity contribution in [2.24, 2.45) is 5.92 Å². The van der Waals surface area contributed by atoms with Crippen LogP contribution in [-0.4, -0.2) is 29.0 Å². The van der Waals surface area contributed by atoms with E-state index in [1.165, 1.54) is 6.07 Å². The number of alkyl halides is 3. The van der Waals surface area contributed by atoms with Crippen LogP contribution in [0.3, 0.4) is 0 Å². The molecule has 1 amide bonds. The van der Waals surface area contributed by atoms with Gasteiger partial charge in [0.25, 0.3) is 0 Å². The number of rotatable bonds is 4. The van der Waals surface area contributed by atoms with E-state index in [1.54, 1.807) is 23.1 Å². The minimum absolute atomic E-state index is 0.0702. The second-order valence-corrected chi connectivity index (χ2v) is 7.35. The van der Waals surface area contributed by atoms with Crippen molar-refractivity contribution in [2.75, 3.05) is 18.0 Å². The summed E-state index contributed by atoms with van der Waals surface area (Å²) in [5.41, 5.74) is 0.657. The molecule has 30 heavy (non-hydrogen) atoms. The number of halogens is 3. The van der Waals surface area contributed by atoms with Gasteiger partial charge in [-0.15, -0.1) is 0 Å². The van der Waals surface area contributed by atoms with Gasteiger partial charge < -0.3 is 10.2 Å². The van der Waals surface area contributed by atoms with Gasteiger partial charge in [0, 0.05) is 25.6 Å². The van der Waals surface area contributed by atoms with E-state index in [1.807, 2.05) is 30.3 Å². The highest BCUT2D eigenvalue weighted by atomic mass is 19.4. The number of piperidine rings is 1. The Labute approximate surface area is 171 Å². The van der Waals surface area contributed by atoms with Crippen molar-refractivity contribution in [1.82, 2.24) is 15.3 Å². The van der Waals surface area contributed by atoms with Crippen LogP contribution in [0.2, 0.25) is 0 Å². The third-order valence-corrected chi connectivity index (χ3v) is 5.30. The molecule has 8 heteroatoms. The molecule has 2 aromatic carbocycles. The zero-order chi connectivity index (χ0) is 21.1. The summed E-state index contributed by atoms with van der Waals surface area (Å²) in [4.78, 5) is 22.1. The van der Waals surface area contributed by atoms with E-state index in [2.05, 4.69) is 15.3 Å². The molecule has 1 aliphatic rings. The Balaban J connectivity index is 1.46. The highest BCUT2D eigenvalue weighted by molar-refractivity contribution is 5.79. The summed E-state index contributed by atoms with van der Waals surface area (Å²) >= 11 is 0. The summed E-state index contributed by atoms with van der Waals surface area (Å²) in [6.07, 6.45) is -3.67. The first-order chi connectivity index (χ1) is 14.4. The number of fused-ring (bicyclic) bond motifs is 1. The molecule has 1 saturated heterocycles. The van der Waals surface area contributed by atoms with Crippen molar-refractivity contribution in [1.29, 1.82) is 0 Å². The molecule has 5 nitrogen and oxygen atoms in total. The van der Waals surface area contributed by atoms with Gasteiger partial charge in [0.1, 0.15) is 0 Å². The first-order valence-corrected chi connectivity index (χ1v) is 9.82. The molecule has 1 aromatic heterocycles. The smallest absolute Gasteiger partial charge is 0.355 e. The first kappa shape index (κ1) is 20.1. The number of benzene rings is 2. The van der Waals surface area contributed by atoms with Crippen LogP contribution in [0.1, 0.15) is 24.1 Å². The highest BCUT2D eigenvalue weighted by Crippen LogP contribution is 2.36. The minimum atomic E-state index is -4.60. The largest absolute Gasteiger partial charge is 0.437 e. The fourth-order valence-corrected chi connectivity index (χ4v) is 3.68.